The second-order valence-electron chi connectivity index (χ2n) is 5.75. The summed E-state index contributed by atoms with van der Waals surface area (Å²) >= 11 is 0.966. The van der Waals surface area contributed by atoms with Crippen LogP contribution < -0.4 is 10.6 Å². The summed E-state index contributed by atoms with van der Waals surface area (Å²) in [5.74, 6) is 0.509. The van der Waals surface area contributed by atoms with E-state index in [9.17, 15) is 13.2 Å². The van der Waals surface area contributed by atoms with Crippen molar-refractivity contribution in [1.82, 2.24) is 15.6 Å². The van der Waals surface area contributed by atoms with Gasteiger partial charge in [-0.1, -0.05) is 30.3 Å². The molecule has 0 amide bonds. The van der Waals surface area contributed by atoms with Crippen LogP contribution in [0.2, 0.25) is 0 Å². The highest BCUT2D eigenvalue weighted by molar-refractivity contribution is 14.0. The average Bonchev–Trinajstić information content (AvgIpc) is 3.14. The molecule has 0 aliphatic carbocycles. The highest BCUT2D eigenvalue weighted by Crippen LogP contribution is 2.29. The Kier molecular flexibility index (Phi) is 10.8. The number of nitrogens with zero attached hydrogens (tertiary/aromatic N) is 2. The van der Waals surface area contributed by atoms with Crippen LogP contribution in [0.5, 0.6) is 0 Å². The van der Waals surface area contributed by atoms with Gasteiger partial charge in [0, 0.05) is 25.6 Å². The lowest BCUT2D eigenvalue weighted by Crippen LogP contribution is -2.37. The summed E-state index contributed by atoms with van der Waals surface area (Å²) in [6.45, 7) is 3.41. The molecule has 0 saturated heterocycles. The number of guanidine groups is 1. The quantitative estimate of drug-likeness (QED) is 0.228. The fraction of sp³-hybridized carbons (Fsp3) is 0.444. The zero-order chi connectivity index (χ0) is 19.7. The van der Waals surface area contributed by atoms with Crippen LogP contribution in [0.1, 0.15) is 35.7 Å². The van der Waals surface area contributed by atoms with Crippen LogP contribution in [0.25, 0.3) is 0 Å². The van der Waals surface area contributed by atoms with E-state index >= 15 is 0 Å². The summed E-state index contributed by atoms with van der Waals surface area (Å²) in [6.07, 6.45) is -3.62. The molecule has 10 heteroatoms. The fourth-order valence-electron chi connectivity index (χ4n) is 2.26. The van der Waals surface area contributed by atoms with Gasteiger partial charge in [0.15, 0.2) is 11.7 Å². The molecule has 2 N–H and O–H groups in total. The first-order valence-corrected chi connectivity index (χ1v) is 9.40. The van der Waals surface area contributed by atoms with E-state index in [-0.39, 0.29) is 36.6 Å². The lowest BCUT2D eigenvalue weighted by atomic mass is 10.1. The molecular formula is C18H24F3IN4OS. The molecular weight excluding hydrogens is 504 g/mol. The number of rotatable bonds is 8. The highest BCUT2D eigenvalue weighted by Gasteiger charge is 2.33. The maximum absolute atomic E-state index is 12.5. The van der Waals surface area contributed by atoms with Crippen molar-refractivity contribution < 1.29 is 17.9 Å². The lowest BCUT2D eigenvalue weighted by Gasteiger charge is -2.14. The Labute approximate surface area is 183 Å². The number of ether oxygens (including phenoxy) is 1. The number of thiazole rings is 1. The van der Waals surface area contributed by atoms with E-state index in [1.165, 1.54) is 0 Å². The number of benzene rings is 1. The first kappa shape index (κ1) is 24.6. The van der Waals surface area contributed by atoms with Gasteiger partial charge in [0.1, 0.15) is 5.01 Å². The third-order valence-corrected chi connectivity index (χ3v) is 4.57. The van der Waals surface area contributed by atoms with Crippen molar-refractivity contribution in [2.75, 3.05) is 20.2 Å². The molecule has 1 heterocycles. The Hall–Kier alpha value is -1.40. The molecule has 0 fully saturated rings. The molecule has 1 unspecified atom stereocenters. The Morgan fingerprint density at radius 3 is 2.57 bits per heavy atom. The van der Waals surface area contributed by atoms with Crippen molar-refractivity contribution in [2.24, 2.45) is 4.99 Å². The minimum absolute atomic E-state index is 0. The molecule has 1 atom stereocenters. The molecule has 0 saturated carbocycles. The van der Waals surface area contributed by atoms with Gasteiger partial charge in [0.25, 0.3) is 0 Å². The first-order chi connectivity index (χ1) is 12.9. The van der Waals surface area contributed by atoms with Crippen LogP contribution in [-0.2, 0) is 17.5 Å². The zero-order valence-electron chi connectivity index (χ0n) is 15.6. The van der Waals surface area contributed by atoms with Crippen LogP contribution >= 0.6 is 35.3 Å². The third kappa shape index (κ3) is 8.31. The van der Waals surface area contributed by atoms with Gasteiger partial charge in [0.05, 0.1) is 12.6 Å². The van der Waals surface area contributed by atoms with Crippen molar-refractivity contribution in [3.8, 4) is 0 Å². The van der Waals surface area contributed by atoms with E-state index in [2.05, 4.69) is 20.6 Å². The molecule has 156 valence electrons. The van der Waals surface area contributed by atoms with Gasteiger partial charge in [0.2, 0.25) is 0 Å². The van der Waals surface area contributed by atoms with Crippen LogP contribution in [0.3, 0.4) is 0 Å². The number of halogens is 4. The van der Waals surface area contributed by atoms with Gasteiger partial charge in [-0.15, -0.1) is 35.3 Å². The first-order valence-electron chi connectivity index (χ1n) is 8.53. The minimum atomic E-state index is -4.41. The van der Waals surface area contributed by atoms with Gasteiger partial charge >= 0.3 is 6.18 Å². The second-order valence-corrected chi connectivity index (χ2v) is 6.70. The van der Waals surface area contributed by atoms with Gasteiger partial charge in [-0.25, -0.2) is 4.98 Å². The average molecular weight is 528 g/mol. The van der Waals surface area contributed by atoms with Crippen molar-refractivity contribution in [3.63, 3.8) is 0 Å². The van der Waals surface area contributed by atoms with Crippen LogP contribution in [0, 0.1) is 0 Å². The topological polar surface area (TPSA) is 58.5 Å². The molecule has 5 nitrogen and oxygen atoms in total. The Bertz CT molecular complexity index is 725. The van der Waals surface area contributed by atoms with Crippen molar-refractivity contribution in [1.29, 1.82) is 0 Å². The molecule has 1 aromatic heterocycles. The SMILES string of the molecule is CN=C(NCCCOC(C)c1ccccc1)NCc1nc(C(F)(F)F)cs1.I. The van der Waals surface area contributed by atoms with Crippen LogP contribution in [0.4, 0.5) is 13.2 Å². The van der Waals surface area contributed by atoms with E-state index in [1.54, 1.807) is 7.05 Å². The van der Waals surface area contributed by atoms with E-state index in [0.29, 0.717) is 24.1 Å². The Balaban J connectivity index is 0.00000392. The van der Waals surface area contributed by atoms with E-state index in [0.717, 1.165) is 28.7 Å². The van der Waals surface area contributed by atoms with Gasteiger partial charge in [-0.2, -0.15) is 13.2 Å². The second kappa shape index (κ2) is 12.2. The van der Waals surface area contributed by atoms with E-state index in [4.69, 9.17) is 4.74 Å². The molecule has 0 bridgehead atoms. The predicted octanol–water partition coefficient (Wildman–Crippen LogP) is 4.61. The number of hydrogen-bond acceptors (Lipinski definition) is 4. The van der Waals surface area contributed by atoms with Crippen molar-refractivity contribution in [2.45, 2.75) is 32.2 Å². The molecule has 1 aromatic carbocycles. The number of nitrogens with one attached hydrogen (secondary N) is 2. The lowest BCUT2D eigenvalue weighted by molar-refractivity contribution is -0.140. The third-order valence-electron chi connectivity index (χ3n) is 3.72. The van der Waals surface area contributed by atoms with Crippen molar-refractivity contribution in [3.05, 3.63) is 52.0 Å². The monoisotopic (exact) mass is 528 g/mol. The zero-order valence-corrected chi connectivity index (χ0v) is 18.8. The molecule has 2 rings (SSSR count). The maximum atomic E-state index is 12.5. The maximum Gasteiger partial charge on any atom is 0.434 e. The summed E-state index contributed by atoms with van der Waals surface area (Å²) in [7, 11) is 1.60. The van der Waals surface area contributed by atoms with Crippen LogP contribution in [-0.4, -0.2) is 31.1 Å². The normalized spacial score (nSPS) is 13.0. The molecule has 28 heavy (non-hydrogen) atoms. The number of alkyl halides is 3. The number of aromatic nitrogens is 1. The van der Waals surface area contributed by atoms with E-state index < -0.39 is 11.9 Å². The summed E-state index contributed by atoms with van der Waals surface area (Å²) in [5.41, 5.74) is 0.265. The van der Waals surface area contributed by atoms with Crippen molar-refractivity contribution >= 4 is 41.3 Å². The Morgan fingerprint density at radius 1 is 1.25 bits per heavy atom. The number of hydrogen-bond donors (Lipinski definition) is 2. The molecule has 0 radical (unpaired) electrons. The van der Waals surface area contributed by atoms with Gasteiger partial charge < -0.3 is 15.4 Å². The fourth-order valence-corrected chi connectivity index (χ4v) is 3.00. The van der Waals surface area contributed by atoms with Gasteiger partial charge in [-0.3, -0.25) is 4.99 Å². The summed E-state index contributed by atoms with van der Waals surface area (Å²) in [5, 5.41) is 7.42. The predicted molar refractivity (Wildman–Crippen MR) is 116 cm³/mol. The Morgan fingerprint density at radius 2 is 1.96 bits per heavy atom. The summed E-state index contributed by atoms with van der Waals surface area (Å²) < 4.78 is 43.4. The van der Waals surface area contributed by atoms with Crippen LogP contribution in [0.15, 0.2) is 40.7 Å². The molecule has 0 aliphatic rings. The molecule has 0 spiro atoms. The van der Waals surface area contributed by atoms with Gasteiger partial charge in [-0.05, 0) is 18.9 Å². The number of aliphatic imine (C=N–C) groups is 1. The largest absolute Gasteiger partial charge is 0.434 e. The standard InChI is InChI=1S/C18H23F3N4OS.HI/c1-13(14-7-4-3-5-8-14)26-10-6-9-23-17(22-2)24-11-16-25-15(12-27-16)18(19,20)21;/h3-5,7-8,12-13H,6,9-11H2,1-2H3,(H2,22,23,24);1H. The highest BCUT2D eigenvalue weighted by atomic mass is 127. The summed E-state index contributed by atoms with van der Waals surface area (Å²) in [6, 6.07) is 9.97. The smallest absolute Gasteiger partial charge is 0.374 e. The molecule has 2 aromatic rings. The minimum Gasteiger partial charge on any atom is -0.374 e. The molecule has 0 aliphatic heterocycles. The summed E-state index contributed by atoms with van der Waals surface area (Å²) in [4.78, 5) is 7.62. The van der Waals surface area contributed by atoms with E-state index in [1.807, 2.05) is 37.3 Å².